The summed E-state index contributed by atoms with van der Waals surface area (Å²) in [6, 6.07) is 0. The quantitative estimate of drug-likeness (QED) is 0.680. The van der Waals surface area contributed by atoms with Crippen molar-refractivity contribution < 1.29 is 14.3 Å². The summed E-state index contributed by atoms with van der Waals surface area (Å²) in [5, 5.41) is 0. The molecule has 2 N–H and O–H groups in total. The molecule has 0 amide bonds. The van der Waals surface area contributed by atoms with Gasteiger partial charge in [0.1, 0.15) is 5.54 Å². The van der Waals surface area contributed by atoms with E-state index in [2.05, 4.69) is 13.8 Å². The van der Waals surface area contributed by atoms with Crippen molar-refractivity contribution >= 4 is 5.97 Å². The normalized spacial score (nSPS) is 26.9. The molecule has 0 aromatic carbocycles. The fourth-order valence-corrected chi connectivity index (χ4v) is 1.27. The van der Waals surface area contributed by atoms with Crippen molar-refractivity contribution in [2.45, 2.75) is 32.2 Å². The number of carbonyl (C=O) groups excluding carboxylic acids is 1. The lowest BCUT2D eigenvalue weighted by Crippen LogP contribution is -2.49. The summed E-state index contributed by atoms with van der Waals surface area (Å²) in [6.07, 6.45) is 1.44. The molecule has 0 bridgehead atoms. The maximum Gasteiger partial charge on any atom is 0.328 e. The Morgan fingerprint density at radius 2 is 2.36 bits per heavy atom. The van der Waals surface area contributed by atoms with Gasteiger partial charge in [-0.25, -0.2) is 4.79 Å². The summed E-state index contributed by atoms with van der Waals surface area (Å²) in [6.45, 7) is 5.47. The topological polar surface area (TPSA) is 61.5 Å². The van der Waals surface area contributed by atoms with Crippen LogP contribution in [-0.4, -0.2) is 31.3 Å². The number of esters is 1. The van der Waals surface area contributed by atoms with Crippen LogP contribution < -0.4 is 5.73 Å². The molecule has 4 nitrogen and oxygen atoms in total. The van der Waals surface area contributed by atoms with E-state index in [-0.39, 0.29) is 12.6 Å². The lowest BCUT2D eigenvalue weighted by Gasteiger charge is -2.19. The first-order valence-electron chi connectivity index (χ1n) is 5.08. The third-order valence-electron chi connectivity index (χ3n) is 2.39. The first kappa shape index (κ1) is 11.5. The number of nitrogens with two attached hydrogens (primary N) is 1. The van der Waals surface area contributed by atoms with Crippen LogP contribution in [0.4, 0.5) is 0 Å². The Balaban J connectivity index is 2.27. The molecule has 1 atom stereocenters. The van der Waals surface area contributed by atoms with Gasteiger partial charge in [-0.15, -0.1) is 0 Å². The third-order valence-corrected chi connectivity index (χ3v) is 2.39. The molecule has 1 unspecified atom stereocenters. The molecule has 4 heteroatoms. The van der Waals surface area contributed by atoms with Crippen molar-refractivity contribution in [3.8, 4) is 0 Å². The van der Waals surface area contributed by atoms with Gasteiger partial charge in [0, 0.05) is 13.0 Å². The van der Waals surface area contributed by atoms with Crippen molar-refractivity contribution in [2.75, 3.05) is 19.8 Å². The van der Waals surface area contributed by atoms with Gasteiger partial charge in [-0.1, -0.05) is 13.8 Å². The van der Waals surface area contributed by atoms with Gasteiger partial charge in [0.25, 0.3) is 0 Å². The molecule has 0 aromatic heterocycles. The fourth-order valence-electron chi connectivity index (χ4n) is 1.27. The van der Waals surface area contributed by atoms with E-state index in [9.17, 15) is 4.79 Å². The summed E-state index contributed by atoms with van der Waals surface area (Å²) in [7, 11) is 0. The molecule has 1 heterocycles. The molecule has 0 saturated carbocycles. The molecule has 14 heavy (non-hydrogen) atoms. The van der Waals surface area contributed by atoms with E-state index >= 15 is 0 Å². The standard InChI is InChI=1S/C10H19NO3/c1-8(2)3-5-14-9(12)10(11)4-6-13-7-10/h8H,3-7,11H2,1-2H3. The van der Waals surface area contributed by atoms with Gasteiger partial charge in [0.15, 0.2) is 0 Å². The van der Waals surface area contributed by atoms with Gasteiger partial charge in [0.2, 0.25) is 0 Å². The predicted octanol–water partition coefficient (Wildman–Crippen LogP) is 0.694. The largest absolute Gasteiger partial charge is 0.464 e. The van der Waals surface area contributed by atoms with Gasteiger partial charge >= 0.3 is 5.97 Å². The minimum absolute atomic E-state index is 0.285. The van der Waals surface area contributed by atoms with Crippen LogP contribution in [0.3, 0.4) is 0 Å². The summed E-state index contributed by atoms with van der Waals surface area (Å²) in [4.78, 5) is 11.5. The third kappa shape index (κ3) is 2.96. The lowest BCUT2D eigenvalue weighted by molar-refractivity contribution is -0.150. The predicted molar refractivity (Wildman–Crippen MR) is 52.8 cm³/mol. The van der Waals surface area contributed by atoms with Crippen LogP contribution in [0.5, 0.6) is 0 Å². The van der Waals surface area contributed by atoms with Crippen LogP contribution in [0.1, 0.15) is 26.7 Å². The molecule has 0 aromatic rings. The first-order chi connectivity index (χ1) is 6.54. The van der Waals surface area contributed by atoms with Crippen molar-refractivity contribution in [1.82, 2.24) is 0 Å². The Labute approximate surface area is 84.7 Å². The van der Waals surface area contributed by atoms with E-state index in [1.165, 1.54) is 0 Å². The molecule has 1 rings (SSSR count). The zero-order valence-electron chi connectivity index (χ0n) is 8.91. The molecule has 1 aliphatic rings. The summed E-state index contributed by atoms with van der Waals surface area (Å²) in [5.74, 6) is 0.215. The average molecular weight is 201 g/mol. The van der Waals surface area contributed by atoms with E-state index in [1.807, 2.05) is 0 Å². The van der Waals surface area contributed by atoms with Crippen molar-refractivity contribution in [1.29, 1.82) is 0 Å². The second-order valence-electron chi connectivity index (χ2n) is 4.28. The molecular weight excluding hydrogens is 182 g/mol. The summed E-state index contributed by atoms with van der Waals surface area (Å²) < 4.78 is 10.2. The molecule has 0 aliphatic carbocycles. The second kappa shape index (κ2) is 4.75. The fraction of sp³-hybridized carbons (Fsp3) is 0.900. The zero-order valence-corrected chi connectivity index (χ0v) is 8.91. The minimum atomic E-state index is -0.892. The smallest absolute Gasteiger partial charge is 0.328 e. The van der Waals surface area contributed by atoms with E-state index in [4.69, 9.17) is 15.2 Å². The van der Waals surface area contributed by atoms with Crippen molar-refractivity contribution in [3.05, 3.63) is 0 Å². The number of hydrogen-bond donors (Lipinski definition) is 1. The molecule has 1 fully saturated rings. The van der Waals surface area contributed by atoms with Crippen LogP contribution in [0, 0.1) is 5.92 Å². The van der Waals surface area contributed by atoms with Gasteiger partial charge in [-0.2, -0.15) is 0 Å². The van der Waals surface area contributed by atoms with E-state index in [0.717, 1.165) is 6.42 Å². The van der Waals surface area contributed by atoms with Crippen LogP contribution in [-0.2, 0) is 14.3 Å². The van der Waals surface area contributed by atoms with Gasteiger partial charge < -0.3 is 15.2 Å². The highest BCUT2D eigenvalue weighted by Crippen LogP contribution is 2.17. The first-order valence-corrected chi connectivity index (χ1v) is 5.08. The van der Waals surface area contributed by atoms with Gasteiger partial charge in [-0.05, 0) is 12.3 Å². The summed E-state index contributed by atoms with van der Waals surface area (Å²) >= 11 is 0. The maximum atomic E-state index is 11.5. The highest BCUT2D eigenvalue weighted by Gasteiger charge is 2.39. The Morgan fingerprint density at radius 3 is 2.86 bits per heavy atom. The number of ether oxygens (including phenoxy) is 2. The minimum Gasteiger partial charge on any atom is -0.464 e. The monoisotopic (exact) mass is 201 g/mol. The highest BCUT2D eigenvalue weighted by atomic mass is 16.5. The lowest BCUT2D eigenvalue weighted by atomic mass is 10.0. The number of hydrogen-bond acceptors (Lipinski definition) is 4. The Hall–Kier alpha value is -0.610. The summed E-state index contributed by atoms with van der Waals surface area (Å²) in [5.41, 5.74) is 4.93. The van der Waals surface area contributed by atoms with Crippen LogP contribution >= 0.6 is 0 Å². The van der Waals surface area contributed by atoms with Crippen molar-refractivity contribution in [2.24, 2.45) is 11.7 Å². The van der Waals surface area contributed by atoms with E-state index in [0.29, 0.717) is 25.6 Å². The zero-order chi connectivity index (χ0) is 10.6. The molecular formula is C10H19NO3. The van der Waals surface area contributed by atoms with E-state index in [1.54, 1.807) is 0 Å². The Bertz CT molecular complexity index is 198. The molecule has 0 radical (unpaired) electrons. The average Bonchev–Trinajstić information content (AvgIpc) is 2.52. The Morgan fingerprint density at radius 1 is 1.64 bits per heavy atom. The maximum absolute atomic E-state index is 11.5. The number of carbonyl (C=O) groups is 1. The molecule has 1 saturated heterocycles. The van der Waals surface area contributed by atoms with Crippen LogP contribution in [0.25, 0.3) is 0 Å². The molecule has 0 spiro atoms. The van der Waals surface area contributed by atoms with Gasteiger partial charge in [-0.3, -0.25) is 0 Å². The van der Waals surface area contributed by atoms with E-state index < -0.39 is 5.54 Å². The SMILES string of the molecule is CC(C)CCOC(=O)C1(N)CCOC1. The van der Waals surface area contributed by atoms with Gasteiger partial charge in [0.05, 0.1) is 13.2 Å². The van der Waals surface area contributed by atoms with Crippen molar-refractivity contribution in [3.63, 3.8) is 0 Å². The second-order valence-corrected chi connectivity index (χ2v) is 4.28. The Kier molecular flexibility index (Phi) is 3.89. The number of rotatable bonds is 4. The highest BCUT2D eigenvalue weighted by molar-refractivity contribution is 5.81. The molecule has 82 valence electrons. The van der Waals surface area contributed by atoms with Crippen LogP contribution in [0.2, 0.25) is 0 Å². The van der Waals surface area contributed by atoms with Crippen LogP contribution in [0.15, 0.2) is 0 Å². The molecule has 1 aliphatic heterocycles.